The zero-order valence-electron chi connectivity index (χ0n) is 35.9. The quantitative estimate of drug-likeness (QED) is 0.0426. The van der Waals surface area contributed by atoms with Crippen molar-refractivity contribution in [3.05, 3.63) is 0 Å². The topological polar surface area (TPSA) is 95.9 Å². The third-order valence-electron chi connectivity index (χ3n) is 11.2. The van der Waals surface area contributed by atoms with E-state index in [4.69, 9.17) is 4.74 Å². The fourth-order valence-corrected chi connectivity index (χ4v) is 7.55. The molecule has 316 valence electrons. The summed E-state index contributed by atoms with van der Waals surface area (Å²) in [6.07, 6.45) is 43.1. The first-order valence-electron chi connectivity index (χ1n) is 23.8. The summed E-state index contributed by atoms with van der Waals surface area (Å²) in [6, 6.07) is -0.690. The van der Waals surface area contributed by atoms with E-state index in [1.807, 2.05) is 0 Å². The van der Waals surface area contributed by atoms with Crippen molar-refractivity contribution in [2.45, 2.75) is 283 Å². The van der Waals surface area contributed by atoms with Gasteiger partial charge in [-0.3, -0.25) is 9.59 Å². The maximum absolute atomic E-state index is 13.1. The fourth-order valence-electron chi connectivity index (χ4n) is 7.55. The number of aliphatic hydroxyl groups excluding tert-OH is 2. The van der Waals surface area contributed by atoms with Crippen molar-refractivity contribution in [1.29, 1.82) is 0 Å². The van der Waals surface area contributed by atoms with Crippen LogP contribution >= 0.6 is 0 Å². The molecule has 0 bridgehead atoms. The highest BCUT2D eigenvalue weighted by Gasteiger charge is 2.24. The minimum absolute atomic E-state index is 0.0861. The van der Waals surface area contributed by atoms with Gasteiger partial charge in [0.25, 0.3) is 0 Å². The van der Waals surface area contributed by atoms with Crippen molar-refractivity contribution in [3.8, 4) is 0 Å². The Labute approximate surface area is 330 Å². The highest BCUT2D eigenvalue weighted by atomic mass is 16.5. The van der Waals surface area contributed by atoms with Crippen LogP contribution in [0.2, 0.25) is 0 Å². The van der Waals surface area contributed by atoms with Crippen molar-refractivity contribution in [2.75, 3.05) is 6.61 Å². The number of esters is 1. The molecule has 6 nitrogen and oxygen atoms in total. The molecule has 0 fully saturated rings. The molecule has 0 saturated heterocycles. The third-order valence-corrected chi connectivity index (χ3v) is 11.2. The molecule has 53 heavy (non-hydrogen) atoms. The summed E-state index contributed by atoms with van der Waals surface area (Å²) in [5, 5.41) is 23.6. The van der Waals surface area contributed by atoms with Crippen molar-refractivity contribution < 1.29 is 24.5 Å². The number of carbonyl (C=O) groups is 2. The molecule has 3 N–H and O–H groups in total. The van der Waals surface area contributed by atoms with Crippen LogP contribution in [0.25, 0.3) is 0 Å². The SMILES string of the molecule is CCCCCCCCCCCCCCCCC(=O)OC(CCCCCCCCCC)CC(=O)NC(CO)C(O)CCCCCCCCCCCCCC. The van der Waals surface area contributed by atoms with Crippen LogP contribution in [0.1, 0.15) is 265 Å². The lowest BCUT2D eigenvalue weighted by atomic mass is 10.0. The largest absolute Gasteiger partial charge is 0.462 e. The molecule has 0 aromatic carbocycles. The Morgan fingerprint density at radius 1 is 0.472 bits per heavy atom. The van der Waals surface area contributed by atoms with Gasteiger partial charge in [0.15, 0.2) is 0 Å². The van der Waals surface area contributed by atoms with Crippen molar-refractivity contribution >= 4 is 11.9 Å². The van der Waals surface area contributed by atoms with Crippen LogP contribution in [0, 0.1) is 0 Å². The number of nitrogens with one attached hydrogen (secondary N) is 1. The zero-order chi connectivity index (χ0) is 38.9. The van der Waals surface area contributed by atoms with Gasteiger partial charge in [0.1, 0.15) is 6.10 Å². The van der Waals surface area contributed by atoms with E-state index in [0.717, 1.165) is 38.5 Å². The molecule has 0 radical (unpaired) electrons. The molecule has 1 amide bonds. The monoisotopic (exact) mass is 752 g/mol. The van der Waals surface area contributed by atoms with Crippen molar-refractivity contribution in [2.24, 2.45) is 0 Å². The standard InChI is InChI=1S/C47H93NO5/c1-4-7-10-13-16-19-21-23-24-26-28-31-34-37-40-47(52)53-43(38-35-32-29-18-15-12-9-6-3)41-46(51)48-44(42-49)45(50)39-36-33-30-27-25-22-20-17-14-11-8-5-2/h43-45,49-50H,4-42H2,1-3H3,(H,48,51). The lowest BCUT2D eigenvalue weighted by Gasteiger charge is -2.24. The molecule has 0 heterocycles. The predicted octanol–water partition coefficient (Wildman–Crippen LogP) is 13.6. The Balaban J connectivity index is 4.42. The Hall–Kier alpha value is -1.14. The molecule has 6 heteroatoms. The Morgan fingerprint density at radius 2 is 0.792 bits per heavy atom. The zero-order valence-corrected chi connectivity index (χ0v) is 35.9. The normalized spacial score (nSPS) is 13.2. The second-order valence-electron chi connectivity index (χ2n) is 16.5. The van der Waals surface area contributed by atoms with Crippen LogP contribution in [0.3, 0.4) is 0 Å². The summed E-state index contributed by atoms with van der Waals surface area (Å²) in [7, 11) is 0. The number of rotatable bonds is 43. The number of ether oxygens (including phenoxy) is 1. The van der Waals surface area contributed by atoms with E-state index in [0.29, 0.717) is 19.3 Å². The highest BCUT2D eigenvalue weighted by Crippen LogP contribution is 2.18. The van der Waals surface area contributed by atoms with Crippen molar-refractivity contribution in [1.82, 2.24) is 5.32 Å². The first-order valence-corrected chi connectivity index (χ1v) is 23.8. The molecule has 0 aromatic heterocycles. The molecule has 0 aliphatic rings. The van der Waals surface area contributed by atoms with Gasteiger partial charge >= 0.3 is 5.97 Å². The van der Waals surface area contributed by atoms with Gasteiger partial charge < -0.3 is 20.3 Å². The minimum atomic E-state index is -0.777. The fraction of sp³-hybridized carbons (Fsp3) is 0.957. The van der Waals surface area contributed by atoms with Gasteiger partial charge in [-0.2, -0.15) is 0 Å². The van der Waals surface area contributed by atoms with Crippen LogP contribution in [0.15, 0.2) is 0 Å². The van der Waals surface area contributed by atoms with Gasteiger partial charge in [0.2, 0.25) is 5.91 Å². The number of amides is 1. The maximum Gasteiger partial charge on any atom is 0.306 e. The number of hydrogen-bond acceptors (Lipinski definition) is 5. The number of aliphatic hydroxyl groups is 2. The van der Waals surface area contributed by atoms with Gasteiger partial charge in [0, 0.05) is 6.42 Å². The second kappa shape index (κ2) is 42.0. The Morgan fingerprint density at radius 3 is 1.15 bits per heavy atom. The molecule has 3 atom stereocenters. The molecule has 0 aliphatic carbocycles. The molecule has 0 saturated carbocycles. The summed E-state index contributed by atoms with van der Waals surface area (Å²) < 4.78 is 5.89. The Kier molecular flexibility index (Phi) is 41.1. The summed E-state index contributed by atoms with van der Waals surface area (Å²) in [5.41, 5.74) is 0. The average molecular weight is 752 g/mol. The molecule has 0 aromatic rings. The van der Waals surface area contributed by atoms with Crippen LogP contribution < -0.4 is 5.32 Å². The number of hydrogen-bond donors (Lipinski definition) is 3. The van der Waals surface area contributed by atoms with Gasteiger partial charge in [-0.25, -0.2) is 0 Å². The smallest absolute Gasteiger partial charge is 0.306 e. The second-order valence-corrected chi connectivity index (χ2v) is 16.5. The third kappa shape index (κ3) is 37.6. The predicted molar refractivity (Wildman–Crippen MR) is 227 cm³/mol. The van der Waals surface area contributed by atoms with Gasteiger partial charge in [-0.1, -0.05) is 226 Å². The molecule has 0 rings (SSSR count). The van der Waals surface area contributed by atoms with Crippen LogP contribution in [-0.2, 0) is 14.3 Å². The number of unbranched alkanes of at least 4 members (excludes halogenated alkanes) is 31. The summed E-state index contributed by atoms with van der Waals surface area (Å²) in [6.45, 7) is 6.47. The highest BCUT2D eigenvalue weighted by molar-refractivity contribution is 5.77. The van der Waals surface area contributed by atoms with Crippen LogP contribution in [-0.4, -0.2) is 46.9 Å². The van der Waals surface area contributed by atoms with Gasteiger partial charge in [0.05, 0.1) is 25.2 Å². The Bertz CT molecular complexity index is 761. The first kappa shape index (κ1) is 51.9. The van der Waals surface area contributed by atoms with E-state index in [9.17, 15) is 19.8 Å². The van der Waals surface area contributed by atoms with Crippen molar-refractivity contribution in [3.63, 3.8) is 0 Å². The molecular weight excluding hydrogens is 659 g/mol. The average Bonchev–Trinajstić information content (AvgIpc) is 3.15. The van der Waals surface area contributed by atoms with E-state index in [1.165, 1.54) is 180 Å². The molecule has 3 unspecified atom stereocenters. The molecule has 0 aliphatic heterocycles. The van der Waals surface area contributed by atoms with E-state index in [-0.39, 0.29) is 24.9 Å². The van der Waals surface area contributed by atoms with Gasteiger partial charge in [-0.05, 0) is 25.7 Å². The first-order chi connectivity index (χ1) is 26.0. The van der Waals surface area contributed by atoms with E-state index in [2.05, 4.69) is 26.1 Å². The minimum Gasteiger partial charge on any atom is -0.462 e. The van der Waals surface area contributed by atoms with Crippen LogP contribution in [0.4, 0.5) is 0 Å². The number of carbonyl (C=O) groups excluding carboxylic acids is 2. The maximum atomic E-state index is 13.1. The van der Waals surface area contributed by atoms with E-state index in [1.54, 1.807) is 0 Å². The summed E-state index contributed by atoms with van der Waals surface area (Å²) >= 11 is 0. The summed E-state index contributed by atoms with van der Waals surface area (Å²) in [4.78, 5) is 25.9. The van der Waals surface area contributed by atoms with E-state index < -0.39 is 18.2 Å². The molecule has 0 spiro atoms. The van der Waals surface area contributed by atoms with Crippen LogP contribution in [0.5, 0.6) is 0 Å². The summed E-state index contributed by atoms with van der Waals surface area (Å²) in [5.74, 6) is -0.460. The van der Waals surface area contributed by atoms with E-state index >= 15 is 0 Å². The van der Waals surface area contributed by atoms with Gasteiger partial charge in [-0.15, -0.1) is 0 Å². The lowest BCUT2D eigenvalue weighted by Crippen LogP contribution is -2.46. The molecular formula is C47H93NO5. The lowest BCUT2D eigenvalue weighted by molar-refractivity contribution is -0.151.